The Morgan fingerprint density at radius 1 is 1.16 bits per heavy atom. The molecule has 100 valence electrons. The second-order valence-electron chi connectivity index (χ2n) is 4.82. The van der Waals surface area contributed by atoms with Crippen molar-refractivity contribution in [2.75, 3.05) is 13.1 Å². The molecule has 0 radical (unpaired) electrons. The number of benzene rings is 1. The number of imidazole rings is 1. The number of aromatic nitrogens is 2. The maximum Gasteiger partial charge on any atom is 0.110 e. The molecule has 3 nitrogen and oxygen atoms in total. The van der Waals surface area contributed by atoms with Crippen molar-refractivity contribution >= 4 is 23.2 Å². The highest BCUT2D eigenvalue weighted by molar-refractivity contribution is 6.36. The van der Waals surface area contributed by atoms with E-state index in [1.165, 1.54) is 0 Å². The highest BCUT2D eigenvalue weighted by Crippen LogP contribution is 2.31. The first-order chi connectivity index (χ1) is 9.24. The lowest BCUT2D eigenvalue weighted by atomic mass is 9.98. The van der Waals surface area contributed by atoms with Gasteiger partial charge in [-0.3, -0.25) is 0 Å². The first-order valence-corrected chi connectivity index (χ1v) is 7.21. The van der Waals surface area contributed by atoms with E-state index in [0.29, 0.717) is 16.0 Å². The van der Waals surface area contributed by atoms with Gasteiger partial charge >= 0.3 is 0 Å². The molecule has 19 heavy (non-hydrogen) atoms. The van der Waals surface area contributed by atoms with Gasteiger partial charge in [-0.1, -0.05) is 23.2 Å². The molecule has 2 heterocycles. The molecule has 0 aliphatic carbocycles. The second kappa shape index (κ2) is 5.53. The molecule has 0 spiro atoms. The van der Waals surface area contributed by atoms with Gasteiger partial charge in [-0.05, 0) is 44.1 Å². The molecule has 1 aliphatic heterocycles. The Hall–Kier alpha value is -1.03. The Morgan fingerprint density at radius 3 is 2.68 bits per heavy atom. The standard InChI is InChI=1S/C14H15Cl2N3/c15-10-1-2-11(12(16)7-10)13-8-18-14(19-13)9-3-5-17-6-4-9/h1-2,7-9,17H,3-6H2,(H,18,19). The van der Waals surface area contributed by atoms with Crippen molar-refractivity contribution in [1.82, 2.24) is 15.3 Å². The SMILES string of the molecule is Clc1ccc(-c2c[nH]c(C3CCNCC3)n2)c(Cl)c1. The number of halogens is 2. The van der Waals surface area contributed by atoms with Gasteiger partial charge in [0, 0.05) is 22.7 Å². The predicted molar refractivity (Wildman–Crippen MR) is 78.9 cm³/mol. The van der Waals surface area contributed by atoms with E-state index in [1.807, 2.05) is 18.3 Å². The van der Waals surface area contributed by atoms with Crippen LogP contribution in [0.3, 0.4) is 0 Å². The molecule has 1 saturated heterocycles. The molecular formula is C14H15Cl2N3. The molecule has 3 rings (SSSR count). The van der Waals surface area contributed by atoms with E-state index in [2.05, 4.69) is 15.3 Å². The quantitative estimate of drug-likeness (QED) is 0.883. The smallest absolute Gasteiger partial charge is 0.110 e. The summed E-state index contributed by atoms with van der Waals surface area (Å²) in [6.45, 7) is 2.12. The Balaban J connectivity index is 1.87. The number of nitrogens with zero attached hydrogens (tertiary/aromatic N) is 1. The summed E-state index contributed by atoms with van der Waals surface area (Å²) in [7, 11) is 0. The van der Waals surface area contributed by atoms with Crippen LogP contribution in [0.1, 0.15) is 24.6 Å². The van der Waals surface area contributed by atoms with Gasteiger partial charge in [0.1, 0.15) is 5.82 Å². The minimum absolute atomic E-state index is 0.515. The molecule has 2 N–H and O–H groups in total. The zero-order chi connectivity index (χ0) is 13.2. The van der Waals surface area contributed by atoms with Gasteiger partial charge in [0.05, 0.1) is 10.7 Å². The third-order valence-corrected chi connectivity index (χ3v) is 4.08. The van der Waals surface area contributed by atoms with Crippen molar-refractivity contribution in [1.29, 1.82) is 0 Å². The average Bonchev–Trinajstić information content (AvgIpc) is 2.89. The van der Waals surface area contributed by atoms with Crippen molar-refractivity contribution in [3.8, 4) is 11.3 Å². The van der Waals surface area contributed by atoms with Crippen LogP contribution in [0.2, 0.25) is 10.0 Å². The van der Waals surface area contributed by atoms with Gasteiger partial charge in [0.2, 0.25) is 0 Å². The van der Waals surface area contributed by atoms with Crippen LogP contribution in [0, 0.1) is 0 Å². The first-order valence-electron chi connectivity index (χ1n) is 6.45. The largest absolute Gasteiger partial charge is 0.348 e. The number of hydrogen-bond acceptors (Lipinski definition) is 2. The van der Waals surface area contributed by atoms with Crippen LogP contribution in [0.25, 0.3) is 11.3 Å². The topological polar surface area (TPSA) is 40.7 Å². The number of aromatic amines is 1. The van der Waals surface area contributed by atoms with E-state index in [1.54, 1.807) is 6.07 Å². The summed E-state index contributed by atoms with van der Waals surface area (Å²) in [4.78, 5) is 7.97. The molecule has 0 saturated carbocycles. The molecule has 0 amide bonds. The molecular weight excluding hydrogens is 281 g/mol. The molecule has 1 aliphatic rings. The van der Waals surface area contributed by atoms with Crippen molar-refractivity contribution in [2.45, 2.75) is 18.8 Å². The molecule has 0 atom stereocenters. The highest BCUT2D eigenvalue weighted by atomic mass is 35.5. The number of H-pyrrole nitrogens is 1. The van der Waals surface area contributed by atoms with Gasteiger partial charge in [0.15, 0.2) is 0 Å². The number of rotatable bonds is 2. The van der Waals surface area contributed by atoms with Crippen LogP contribution >= 0.6 is 23.2 Å². The van der Waals surface area contributed by atoms with Crippen LogP contribution in [0.4, 0.5) is 0 Å². The van der Waals surface area contributed by atoms with Crippen molar-refractivity contribution < 1.29 is 0 Å². The normalized spacial score (nSPS) is 16.7. The number of hydrogen-bond donors (Lipinski definition) is 2. The van der Waals surface area contributed by atoms with Crippen molar-refractivity contribution in [2.24, 2.45) is 0 Å². The summed E-state index contributed by atoms with van der Waals surface area (Å²) in [6, 6.07) is 5.49. The summed E-state index contributed by atoms with van der Waals surface area (Å²) >= 11 is 12.1. The third-order valence-electron chi connectivity index (χ3n) is 3.53. The zero-order valence-corrected chi connectivity index (χ0v) is 11.9. The molecule has 1 aromatic carbocycles. The highest BCUT2D eigenvalue weighted by Gasteiger charge is 2.19. The molecule has 0 unspecified atom stereocenters. The maximum absolute atomic E-state index is 6.21. The van der Waals surface area contributed by atoms with E-state index in [0.717, 1.165) is 43.0 Å². The van der Waals surface area contributed by atoms with Crippen LogP contribution < -0.4 is 5.32 Å². The van der Waals surface area contributed by atoms with E-state index in [4.69, 9.17) is 23.2 Å². The summed E-state index contributed by atoms with van der Waals surface area (Å²) in [5.74, 6) is 1.57. The summed E-state index contributed by atoms with van der Waals surface area (Å²) in [6.07, 6.45) is 4.18. The summed E-state index contributed by atoms with van der Waals surface area (Å²) in [5.41, 5.74) is 1.80. The first kappa shape index (κ1) is 13.0. The van der Waals surface area contributed by atoms with E-state index in [-0.39, 0.29) is 0 Å². The van der Waals surface area contributed by atoms with Gasteiger partial charge in [0.25, 0.3) is 0 Å². The molecule has 0 bridgehead atoms. The molecule has 1 fully saturated rings. The van der Waals surface area contributed by atoms with Crippen LogP contribution in [0.5, 0.6) is 0 Å². The maximum atomic E-state index is 6.21. The lowest BCUT2D eigenvalue weighted by molar-refractivity contribution is 0.447. The fourth-order valence-electron chi connectivity index (χ4n) is 2.48. The minimum atomic E-state index is 0.515. The third kappa shape index (κ3) is 2.78. The number of piperidine rings is 1. The van der Waals surface area contributed by atoms with Gasteiger partial charge in [-0.25, -0.2) is 4.98 Å². The van der Waals surface area contributed by atoms with Gasteiger partial charge in [-0.15, -0.1) is 0 Å². The van der Waals surface area contributed by atoms with Crippen molar-refractivity contribution in [3.05, 3.63) is 40.3 Å². The van der Waals surface area contributed by atoms with Gasteiger partial charge < -0.3 is 10.3 Å². The Labute approximate surface area is 122 Å². The Bertz CT molecular complexity index is 574. The van der Waals surface area contributed by atoms with E-state index >= 15 is 0 Å². The zero-order valence-electron chi connectivity index (χ0n) is 10.4. The van der Waals surface area contributed by atoms with Crippen LogP contribution in [-0.2, 0) is 0 Å². The Kier molecular flexibility index (Phi) is 3.78. The van der Waals surface area contributed by atoms with Crippen LogP contribution in [0.15, 0.2) is 24.4 Å². The lowest BCUT2D eigenvalue weighted by Crippen LogP contribution is -2.27. The fourth-order valence-corrected chi connectivity index (χ4v) is 2.98. The fraction of sp³-hybridized carbons (Fsp3) is 0.357. The van der Waals surface area contributed by atoms with Gasteiger partial charge in [-0.2, -0.15) is 0 Å². The lowest BCUT2D eigenvalue weighted by Gasteiger charge is -2.20. The van der Waals surface area contributed by atoms with Crippen LogP contribution in [-0.4, -0.2) is 23.1 Å². The summed E-state index contributed by atoms with van der Waals surface area (Å²) < 4.78 is 0. The molecule has 5 heteroatoms. The van der Waals surface area contributed by atoms with E-state index < -0.39 is 0 Å². The number of nitrogens with one attached hydrogen (secondary N) is 2. The summed E-state index contributed by atoms with van der Waals surface area (Å²) in [5, 5.41) is 4.64. The Morgan fingerprint density at radius 2 is 1.95 bits per heavy atom. The monoisotopic (exact) mass is 295 g/mol. The minimum Gasteiger partial charge on any atom is -0.348 e. The van der Waals surface area contributed by atoms with Crippen molar-refractivity contribution in [3.63, 3.8) is 0 Å². The molecule has 2 aromatic rings. The average molecular weight is 296 g/mol. The second-order valence-corrected chi connectivity index (χ2v) is 5.66. The van der Waals surface area contributed by atoms with E-state index in [9.17, 15) is 0 Å². The molecule has 1 aromatic heterocycles. The predicted octanol–water partition coefficient (Wildman–Crippen LogP) is 3.85.